The average molecular weight is 440 g/mol. The molecular formula is C22H37N3O4S. The summed E-state index contributed by atoms with van der Waals surface area (Å²) in [5.74, 6) is 1.42. The van der Waals surface area contributed by atoms with Crippen LogP contribution in [-0.2, 0) is 14.6 Å². The van der Waals surface area contributed by atoms with E-state index in [1.54, 1.807) is 0 Å². The number of sulfone groups is 1. The summed E-state index contributed by atoms with van der Waals surface area (Å²) in [6.07, 6.45) is 8.77. The SMILES string of the molecule is CC(C)Oc1ccc(NC(=NCCCOC2CCCCC2)NCCS(C)(=O)=O)cc1. The second kappa shape index (κ2) is 12.8. The van der Waals surface area contributed by atoms with Crippen molar-refractivity contribution in [2.45, 2.75) is 64.6 Å². The minimum absolute atomic E-state index is 0.0552. The molecule has 0 saturated heterocycles. The van der Waals surface area contributed by atoms with Gasteiger partial charge in [0.1, 0.15) is 15.6 Å². The lowest BCUT2D eigenvalue weighted by Gasteiger charge is -2.21. The Morgan fingerprint density at radius 1 is 1.17 bits per heavy atom. The maximum absolute atomic E-state index is 11.4. The lowest BCUT2D eigenvalue weighted by molar-refractivity contribution is 0.0281. The van der Waals surface area contributed by atoms with Crippen LogP contribution in [-0.4, -0.2) is 58.3 Å². The van der Waals surface area contributed by atoms with Gasteiger partial charge < -0.3 is 20.1 Å². The molecule has 30 heavy (non-hydrogen) atoms. The highest BCUT2D eigenvalue weighted by Gasteiger charge is 2.13. The molecular weight excluding hydrogens is 402 g/mol. The molecule has 1 aromatic rings. The first-order chi connectivity index (χ1) is 14.3. The average Bonchev–Trinajstić information content (AvgIpc) is 2.68. The zero-order valence-electron chi connectivity index (χ0n) is 18.5. The Morgan fingerprint density at radius 2 is 1.87 bits per heavy atom. The molecule has 0 bridgehead atoms. The number of guanidine groups is 1. The third kappa shape index (κ3) is 10.8. The molecule has 0 amide bonds. The number of hydrogen-bond donors (Lipinski definition) is 2. The van der Waals surface area contributed by atoms with Crippen molar-refractivity contribution in [3.8, 4) is 5.75 Å². The van der Waals surface area contributed by atoms with E-state index < -0.39 is 9.84 Å². The number of hydrogen-bond acceptors (Lipinski definition) is 5. The van der Waals surface area contributed by atoms with E-state index in [0.717, 1.165) is 17.9 Å². The number of anilines is 1. The van der Waals surface area contributed by atoms with Crippen LogP contribution in [0.4, 0.5) is 5.69 Å². The van der Waals surface area contributed by atoms with Gasteiger partial charge in [-0.25, -0.2) is 8.42 Å². The lowest BCUT2D eigenvalue weighted by atomic mass is 9.98. The van der Waals surface area contributed by atoms with Gasteiger partial charge in [-0.1, -0.05) is 19.3 Å². The summed E-state index contributed by atoms with van der Waals surface area (Å²) in [6.45, 7) is 5.58. The van der Waals surface area contributed by atoms with E-state index in [2.05, 4.69) is 15.6 Å². The summed E-state index contributed by atoms with van der Waals surface area (Å²) < 4.78 is 34.4. The van der Waals surface area contributed by atoms with Crippen LogP contribution in [0.15, 0.2) is 29.3 Å². The third-order valence-corrected chi connectivity index (χ3v) is 5.68. The van der Waals surface area contributed by atoms with Crippen molar-refractivity contribution < 1.29 is 17.9 Å². The molecule has 170 valence electrons. The van der Waals surface area contributed by atoms with Gasteiger partial charge >= 0.3 is 0 Å². The van der Waals surface area contributed by atoms with Gasteiger partial charge in [-0.3, -0.25) is 4.99 Å². The molecule has 0 aliphatic heterocycles. The van der Waals surface area contributed by atoms with Crippen molar-refractivity contribution in [2.24, 2.45) is 4.99 Å². The molecule has 1 aliphatic rings. The van der Waals surface area contributed by atoms with E-state index in [4.69, 9.17) is 9.47 Å². The van der Waals surface area contributed by atoms with Crippen LogP contribution in [0.2, 0.25) is 0 Å². The van der Waals surface area contributed by atoms with Gasteiger partial charge in [0.2, 0.25) is 0 Å². The fourth-order valence-corrected chi connectivity index (χ4v) is 3.73. The van der Waals surface area contributed by atoms with Crippen molar-refractivity contribution >= 4 is 21.5 Å². The summed E-state index contributed by atoms with van der Waals surface area (Å²) in [4.78, 5) is 4.58. The van der Waals surface area contributed by atoms with E-state index >= 15 is 0 Å². The molecule has 0 aromatic heterocycles. The standard InChI is InChI=1S/C22H37N3O4S/c1-18(2)29-21-12-10-19(11-13-21)25-22(24-15-17-30(3,26)27)23-14-7-16-28-20-8-5-4-6-9-20/h10-13,18,20H,4-9,14-17H2,1-3H3,(H2,23,24,25). The maximum atomic E-state index is 11.4. The topological polar surface area (TPSA) is 89.0 Å². The zero-order chi connectivity index (χ0) is 21.8. The minimum atomic E-state index is -3.03. The molecule has 7 nitrogen and oxygen atoms in total. The molecule has 0 heterocycles. The fraction of sp³-hybridized carbons (Fsp3) is 0.682. The Bertz CT molecular complexity index is 742. The fourth-order valence-electron chi connectivity index (χ4n) is 3.26. The third-order valence-electron chi connectivity index (χ3n) is 4.73. The monoisotopic (exact) mass is 439 g/mol. The maximum Gasteiger partial charge on any atom is 0.195 e. The number of benzene rings is 1. The van der Waals surface area contributed by atoms with Crippen LogP contribution in [0.25, 0.3) is 0 Å². The summed E-state index contributed by atoms with van der Waals surface area (Å²) in [5, 5.41) is 6.33. The number of aliphatic imine (C=N–C) groups is 1. The molecule has 1 aromatic carbocycles. The smallest absolute Gasteiger partial charge is 0.195 e. The van der Waals surface area contributed by atoms with Gasteiger partial charge in [0.05, 0.1) is 18.0 Å². The summed E-state index contributed by atoms with van der Waals surface area (Å²) >= 11 is 0. The molecule has 0 radical (unpaired) electrons. The first-order valence-corrected chi connectivity index (χ1v) is 13.0. The van der Waals surface area contributed by atoms with Gasteiger partial charge in [0, 0.05) is 31.6 Å². The molecule has 1 saturated carbocycles. The Kier molecular flexibility index (Phi) is 10.4. The largest absolute Gasteiger partial charge is 0.491 e. The van der Waals surface area contributed by atoms with Gasteiger partial charge in [-0.05, 0) is 57.4 Å². The molecule has 2 rings (SSSR count). The Balaban J connectivity index is 1.85. The van der Waals surface area contributed by atoms with Gasteiger partial charge in [-0.15, -0.1) is 0 Å². The van der Waals surface area contributed by atoms with Crippen molar-refractivity contribution in [1.29, 1.82) is 0 Å². The van der Waals surface area contributed by atoms with Gasteiger partial charge in [-0.2, -0.15) is 0 Å². The Hall–Kier alpha value is -1.80. The molecule has 0 unspecified atom stereocenters. The van der Waals surface area contributed by atoms with Crippen LogP contribution >= 0.6 is 0 Å². The summed E-state index contributed by atoms with van der Waals surface area (Å²) in [7, 11) is -3.03. The van der Waals surface area contributed by atoms with Crippen LogP contribution < -0.4 is 15.4 Å². The van der Waals surface area contributed by atoms with Gasteiger partial charge in [0.25, 0.3) is 0 Å². The quantitative estimate of drug-likeness (QED) is 0.311. The second-order valence-corrected chi connectivity index (χ2v) is 10.3. The van der Waals surface area contributed by atoms with Crippen molar-refractivity contribution in [2.75, 3.05) is 37.0 Å². The van der Waals surface area contributed by atoms with Crippen molar-refractivity contribution in [1.82, 2.24) is 5.32 Å². The first-order valence-electron chi connectivity index (χ1n) is 10.9. The normalized spacial score (nSPS) is 15.9. The molecule has 0 spiro atoms. The molecule has 1 fully saturated rings. The van der Waals surface area contributed by atoms with Crippen molar-refractivity contribution in [3.05, 3.63) is 24.3 Å². The predicted octanol–water partition coefficient (Wildman–Crippen LogP) is 3.62. The molecule has 1 aliphatic carbocycles. The number of nitrogens with zero attached hydrogens (tertiary/aromatic N) is 1. The number of rotatable bonds is 11. The molecule has 0 atom stereocenters. The van der Waals surface area contributed by atoms with E-state index in [1.165, 1.54) is 38.4 Å². The van der Waals surface area contributed by atoms with E-state index in [1.807, 2.05) is 38.1 Å². The van der Waals surface area contributed by atoms with E-state index in [9.17, 15) is 8.42 Å². The highest BCUT2D eigenvalue weighted by atomic mass is 32.2. The van der Waals surface area contributed by atoms with Crippen LogP contribution in [0.3, 0.4) is 0 Å². The van der Waals surface area contributed by atoms with Crippen LogP contribution in [0.1, 0.15) is 52.4 Å². The van der Waals surface area contributed by atoms with Crippen LogP contribution in [0, 0.1) is 0 Å². The first kappa shape index (κ1) is 24.5. The zero-order valence-corrected chi connectivity index (χ0v) is 19.3. The molecule has 8 heteroatoms. The predicted molar refractivity (Wildman–Crippen MR) is 123 cm³/mol. The lowest BCUT2D eigenvalue weighted by Crippen LogP contribution is -2.34. The summed E-state index contributed by atoms with van der Waals surface area (Å²) in [5.41, 5.74) is 0.857. The van der Waals surface area contributed by atoms with Crippen molar-refractivity contribution in [3.63, 3.8) is 0 Å². The second-order valence-electron chi connectivity index (χ2n) is 8.09. The Labute approximate surface area is 181 Å². The minimum Gasteiger partial charge on any atom is -0.491 e. The van der Waals surface area contributed by atoms with Gasteiger partial charge in [0.15, 0.2) is 5.96 Å². The van der Waals surface area contributed by atoms with E-state index in [0.29, 0.717) is 31.8 Å². The highest BCUT2D eigenvalue weighted by molar-refractivity contribution is 7.90. The van der Waals surface area contributed by atoms with E-state index in [-0.39, 0.29) is 11.9 Å². The highest BCUT2D eigenvalue weighted by Crippen LogP contribution is 2.20. The van der Waals surface area contributed by atoms with Crippen LogP contribution in [0.5, 0.6) is 5.75 Å². The Morgan fingerprint density at radius 3 is 2.50 bits per heavy atom. The number of ether oxygens (including phenoxy) is 2. The number of nitrogens with one attached hydrogen (secondary N) is 2. The molecule has 2 N–H and O–H groups in total. The summed E-state index contributed by atoms with van der Waals surface area (Å²) in [6, 6.07) is 7.62.